The van der Waals surface area contributed by atoms with E-state index in [1.54, 1.807) is 7.11 Å². The zero-order valence-electron chi connectivity index (χ0n) is 9.66. The molecule has 2 fully saturated rings. The second-order valence-electron chi connectivity index (χ2n) is 4.40. The highest BCUT2D eigenvalue weighted by Crippen LogP contribution is 2.37. The number of ether oxygens (including phenoxy) is 1. The number of fused-ring (bicyclic) bond motifs is 1. The average molecular weight is 212 g/mol. The van der Waals surface area contributed by atoms with Gasteiger partial charge in [-0.15, -0.1) is 0 Å². The standard InChI is InChI=1S/C11H20N2O2/c1-3-15-9-11-5-4-6-13(11)8-10(7-11)12-14-2/h3-9H2,1-2H3/b12-10-/t11-/m0/s1. The van der Waals surface area contributed by atoms with Gasteiger partial charge in [-0.25, -0.2) is 0 Å². The predicted molar refractivity (Wildman–Crippen MR) is 59.1 cm³/mol. The molecule has 86 valence electrons. The molecule has 0 aromatic heterocycles. The molecule has 4 nitrogen and oxygen atoms in total. The van der Waals surface area contributed by atoms with Crippen LogP contribution in [0.2, 0.25) is 0 Å². The summed E-state index contributed by atoms with van der Waals surface area (Å²) in [4.78, 5) is 7.36. The number of hydrogen-bond acceptors (Lipinski definition) is 4. The summed E-state index contributed by atoms with van der Waals surface area (Å²) < 4.78 is 5.61. The molecule has 0 bridgehead atoms. The van der Waals surface area contributed by atoms with Crippen LogP contribution in [0.25, 0.3) is 0 Å². The Balaban J connectivity index is 2.04. The largest absolute Gasteiger partial charge is 0.399 e. The first-order chi connectivity index (χ1) is 7.30. The molecule has 2 rings (SSSR count). The molecule has 1 atom stereocenters. The minimum Gasteiger partial charge on any atom is -0.399 e. The third-order valence-corrected chi connectivity index (χ3v) is 3.44. The molecule has 0 radical (unpaired) electrons. The van der Waals surface area contributed by atoms with Crippen LogP contribution >= 0.6 is 0 Å². The number of rotatable bonds is 4. The Labute approximate surface area is 91.2 Å². The van der Waals surface area contributed by atoms with Crippen LogP contribution in [0.1, 0.15) is 26.2 Å². The van der Waals surface area contributed by atoms with Crippen molar-refractivity contribution < 1.29 is 9.57 Å². The van der Waals surface area contributed by atoms with Gasteiger partial charge >= 0.3 is 0 Å². The molecule has 0 N–H and O–H groups in total. The number of oxime groups is 1. The maximum absolute atomic E-state index is 5.61. The first-order valence-electron chi connectivity index (χ1n) is 5.72. The number of hydrogen-bond donors (Lipinski definition) is 0. The van der Waals surface area contributed by atoms with Gasteiger partial charge in [-0.05, 0) is 26.3 Å². The van der Waals surface area contributed by atoms with Crippen molar-refractivity contribution >= 4 is 5.71 Å². The average Bonchev–Trinajstić information content (AvgIpc) is 2.72. The Bertz CT molecular complexity index is 255. The Morgan fingerprint density at radius 3 is 3.13 bits per heavy atom. The molecular formula is C11H20N2O2. The van der Waals surface area contributed by atoms with E-state index in [1.807, 2.05) is 0 Å². The summed E-state index contributed by atoms with van der Waals surface area (Å²) in [6, 6.07) is 0. The molecular weight excluding hydrogens is 192 g/mol. The van der Waals surface area contributed by atoms with E-state index >= 15 is 0 Å². The maximum Gasteiger partial charge on any atom is 0.106 e. The topological polar surface area (TPSA) is 34.1 Å². The third kappa shape index (κ3) is 2.01. The fraction of sp³-hybridized carbons (Fsp3) is 0.909. The van der Waals surface area contributed by atoms with Crippen molar-refractivity contribution in [3.8, 4) is 0 Å². The Kier molecular flexibility index (Phi) is 3.26. The first kappa shape index (κ1) is 10.9. The predicted octanol–water partition coefficient (Wildman–Crippen LogP) is 1.26. The molecule has 2 heterocycles. The van der Waals surface area contributed by atoms with Gasteiger partial charge in [0.1, 0.15) is 7.11 Å². The summed E-state index contributed by atoms with van der Waals surface area (Å²) in [5, 5.41) is 4.08. The maximum atomic E-state index is 5.61. The lowest BCUT2D eigenvalue weighted by atomic mass is 9.95. The second kappa shape index (κ2) is 4.49. The van der Waals surface area contributed by atoms with Gasteiger partial charge in [-0.1, -0.05) is 5.16 Å². The third-order valence-electron chi connectivity index (χ3n) is 3.44. The van der Waals surface area contributed by atoms with Crippen molar-refractivity contribution in [1.82, 2.24) is 4.90 Å². The fourth-order valence-corrected chi connectivity index (χ4v) is 2.79. The van der Waals surface area contributed by atoms with Gasteiger partial charge in [0.15, 0.2) is 0 Å². The summed E-state index contributed by atoms with van der Waals surface area (Å²) >= 11 is 0. The van der Waals surface area contributed by atoms with Crippen molar-refractivity contribution in [2.24, 2.45) is 5.16 Å². The minimum absolute atomic E-state index is 0.230. The minimum atomic E-state index is 0.230. The molecule has 0 aromatic carbocycles. The van der Waals surface area contributed by atoms with Crippen molar-refractivity contribution in [3.63, 3.8) is 0 Å². The fourth-order valence-electron chi connectivity index (χ4n) is 2.79. The summed E-state index contributed by atoms with van der Waals surface area (Å²) in [6.45, 7) is 5.82. The lowest BCUT2D eigenvalue weighted by Gasteiger charge is -2.30. The highest BCUT2D eigenvalue weighted by Gasteiger charge is 2.47. The SMILES string of the molecule is CCOC[C@@]12CCCN1C/C(=N\OC)C2. The van der Waals surface area contributed by atoms with E-state index in [2.05, 4.69) is 17.0 Å². The molecule has 2 aliphatic rings. The summed E-state index contributed by atoms with van der Waals surface area (Å²) in [7, 11) is 1.62. The van der Waals surface area contributed by atoms with E-state index in [0.29, 0.717) is 0 Å². The highest BCUT2D eigenvalue weighted by molar-refractivity contribution is 5.89. The van der Waals surface area contributed by atoms with E-state index in [1.165, 1.54) is 19.4 Å². The van der Waals surface area contributed by atoms with Crippen molar-refractivity contribution in [2.45, 2.75) is 31.7 Å². The van der Waals surface area contributed by atoms with Gasteiger partial charge in [-0.3, -0.25) is 4.90 Å². The van der Waals surface area contributed by atoms with Crippen LogP contribution in [-0.2, 0) is 9.57 Å². The van der Waals surface area contributed by atoms with E-state index in [4.69, 9.17) is 9.57 Å². The second-order valence-corrected chi connectivity index (χ2v) is 4.40. The van der Waals surface area contributed by atoms with Crippen molar-refractivity contribution in [1.29, 1.82) is 0 Å². The summed E-state index contributed by atoms with van der Waals surface area (Å²) in [5.41, 5.74) is 1.39. The molecule has 0 aromatic rings. The molecule has 0 saturated carbocycles. The molecule has 0 amide bonds. The Morgan fingerprint density at radius 2 is 2.40 bits per heavy atom. The quantitative estimate of drug-likeness (QED) is 0.658. The molecule has 15 heavy (non-hydrogen) atoms. The van der Waals surface area contributed by atoms with E-state index in [0.717, 1.165) is 31.9 Å². The zero-order valence-corrected chi connectivity index (χ0v) is 9.66. The Morgan fingerprint density at radius 1 is 1.53 bits per heavy atom. The summed E-state index contributed by atoms with van der Waals surface area (Å²) in [6.07, 6.45) is 3.53. The lowest BCUT2D eigenvalue weighted by Crippen LogP contribution is -2.42. The van der Waals surface area contributed by atoms with E-state index in [9.17, 15) is 0 Å². The van der Waals surface area contributed by atoms with Gasteiger partial charge in [-0.2, -0.15) is 0 Å². The van der Waals surface area contributed by atoms with Gasteiger partial charge in [0, 0.05) is 19.6 Å². The van der Waals surface area contributed by atoms with Crippen molar-refractivity contribution in [3.05, 3.63) is 0 Å². The van der Waals surface area contributed by atoms with Crippen LogP contribution < -0.4 is 0 Å². The lowest BCUT2D eigenvalue weighted by molar-refractivity contribution is 0.0419. The van der Waals surface area contributed by atoms with Crippen LogP contribution in [-0.4, -0.2) is 49.6 Å². The van der Waals surface area contributed by atoms with Gasteiger partial charge in [0.2, 0.25) is 0 Å². The molecule has 0 aliphatic carbocycles. The zero-order chi connectivity index (χ0) is 10.7. The monoisotopic (exact) mass is 212 g/mol. The molecule has 4 heteroatoms. The van der Waals surface area contributed by atoms with E-state index < -0.39 is 0 Å². The van der Waals surface area contributed by atoms with E-state index in [-0.39, 0.29) is 5.54 Å². The smallest absolute Gasteiger partial charge is 0.106 e. The van der Waals surface area contributed by atoms with Crippen LogP contribution in [0.5, 0.6) is 0 Å². The van der Waals surface area contributed by atoms with Crippen LogP contribution in [0, 0.1) is 0 Å². The summed E-state index contributed by atoms with van der Waals surface area (Å²) in [5.74, 6) is 0. The molecule has 2 aliphatic heterocycles. The molecule has 2 saturated heterocycles. The van der Waals surface area contributed by atoms with Crippen LogP contribution in [0.4, 0.5) is 0 Å². The van der Waals surface area contributed by atoms with Crippen LogP contribution in [0.3, 0.4) is 0 Å². The number of nitrogens with zero attached hydrogens (tertiary/aromatic N) is 2. The normalized spacial score (nSPS) is 33.6. The first-order valence-corrected chi connectivity index (χ1v) is 5.72. The van der Waals surface area contributed by atoms with Crippen molar-refractivity contribution in [2.75, 3.05) is 33.4 Å². The molecule has 0 spiro atoms. The van der Waals surface area contributed by atoms with Gasteiger partial charge in [0.25, 0.3) is 0 Å². The Hall–Kier alpha value is -0.610. The van der Waals surface area contributed by atoms with Gasteiger partial charge in [0.05, 0.1) is 17.9 Å². The van der Waals surface area contributed by atoms with Crippen LogP contribution in [0.15, 0.2) is 5.16 Å². The highest BCUT2D eigenvalue weighted by atomic mass is 16.6. The molecule has 0 unspecified atom stereocenters. The van der Waals surface area contributed by atoms with Gasteiger partial charge < -0.3 is 9.57 Å².